The quantitative estimate of drug-likeness (QED) is 0.397. The molecule has 1 atom stereocenters. The molecule has 0 radical (unpaired) electrons. The fourth-order valence-electron chi connectivity index (χ4n) is 1.27. The van der Waals surface area contributed by atoms with Crippen molar-refractivity contribution < 1.29 is 18.6 Å². The Morgan fingerprint density at radius 1 is 1.45 bits per heavy atom. The maximum absolute atomic E-state index is 11.7. The molecule has 114 valence electrons. The molecular weight excluding hydrogens is 300 g/mol. The summed E-state index contributed by atoms with van der Waals surface area (Å²) in [7, 11) is -3.48. The number of thioether (sulfide) groups is 1. The summed E-state index contributed by atoms with van der Waals surface area (Å²) in [6.45, 7) is 0.638. The molecule has 1 aromatic carbocycles. The third-order valence-corrected chi connectivity index (χ3v) is 5.07. The van der Waals surface area contributed by atoms with E-state index in [1.54, 1.807) is 12.1 Å². The summed E-state index contributed by atoms with van der Waals surface area (Å²) in [5, 5.41) is 18.4. The number of benzene rings is 1. The maximum Gasteiger partial charge on any atom is 0.212 e. The lowest BCUT2D eigenvalue weighted by molar-refractivity contribution is 0.00682. The van der Waals surface area contributed by atoms with Crippen LogP contribution in [-0.4, -0.2) is 48.9 Å². The van der Waals surface area contributed by atoms with E-state index in [2.05, 4.69) is 4.72 Å². The van der Waals surface area contributed by atoms with Crippen molar-refractivity contribution in [2.24, 2.45) is 0 Å². The van der Waals surface area contributed by atoms with E-state index >= 15 is 0 Å². The lowest BCUT2D eigenvalue weighted by Gasteiger charge is -2.20. The molecule has 0 aliphatic carbocycles. The van der Waals surface area contributed by atoms with Gasteiger partial charge in [-0.05, 0) is 25.1 Å². The summed E-state index contributed by atoms with van der Waals surface area (Å²) in [5.41, 5.74) is 4.82. The van der Waals surface area contributed by atoms with Crippen LogP contribution >= 0.6 is 11.8 Å². The fourth-order valence-corrected chi connectivity index (χ4v) is 3.78. The molecule has 5 N–H and O–H groups in total. The zero-order valence-electron chi connectivity index (χ0n) is 11.2. The maximum atomic E-state index is 11.7. The second-order valence-electron chi connectivity index (χ2n) is 4.72. The van der Waals surface area contributed by atoms with Crippen LogP contribution in [-0.2, 0) is 10.0 Å². The third kappa shape index (κ3) is 6.58. The van der Waals surface area contributed by atoms with Gasteiger partial charge < -0.3 is 15.9 Å². The zero-order chi connectivity index (χ0) is 15.2. The number of aliphatic hydroxyl groups is 2. The van der Waals surface area contributed by atoms with Crippen molar-refractivity contribution in [2.45, 2.75) is 17.4 Å². The van der Waals surface area contributed by atoms with Crippen LogP contribution in [0.1, 0.15) is 6.92 Å². The highest BCUT2D eigenvalue weighted by Crippen LogP contribution is 2.20. The molecule has 0 aromatic heterocycles. The molecule has 0 saturated heterocycles. The molecule has 20 heavy (non-hydrogen) atoms. The van der Waals surface area contributed by atoms with E-state index in [9.17, 15) is 13.5 Å². The van der Waals surface area contributed by atoms with Crippen molar-refractivity contribution in [3.05, 3.63) is 24.3 Å². The van der Waals surface area contributed by atoms with Gasteiger partial charge in [0, 0.05) is 22.9 Å². The normalized spacial score (nSPS) is 14.9. The Bertz CT molecular complexity index is 532. The van der Waals surface area contributed by atoms with E-state index in [1.165, 1.54) is 18.7 Å². The van der Waals surface area contributed by atoms with E-state index in [0.717, 1.165) is 4.90 Å². The number of hydrogen-bond acceptors (Lipinski definition) is 6. The summed E-state index contributed by atoms with van der Waals surface area (Å²) < 4.78 is 25.7. The average molecular weight is 320 g/mol. The number of sulfonamides is 1. The van der Waals surface area contributed by atoms with Gasteiger partial charge in [0.2, 0.25) is 10.0 Å². The van der Waals surface area contributed by atoms with Crippen molar-refractivity contribution in [1.29, 1.82) is 0 Å². The minimum Gasteiger partial charge on any atom is -0.399 e. The number of aliphatic hydroxyl groups excluding tert-OH is 1. The predicted octanol–water partition coefficient (Wildman–Crippen LogP) is 0.0236. The summed E-state index contributed by atoms with van der Waals surface area (Å²) in [4.78, 5) is 0.905. The number of anilines is 1. The third-order valence-electron chi connectivity index (χ3n) is 2.49. The van der Waals surface area contributed by atoms with Crippen molar-refractivity contribution in [3.8, 4) is 0 Å². The molecule has 0 spiro atoms. The largest absolute Gasteiger partial charge is 0.399 e. The Hall–Kier alpha value is -0.800. The van der Waals surface area contributed by atoms with E-state index in [-0.39, 0.29) is 12.3 Å². The van der Waals surface area contributed by atoms with E-state index in [4.69, 9.17) is 10.8 Å². The van der Waals surface area contributed by atoms with Crippen LogP contribution in [0.25, 0.3) is 0 Å². The first-order valence-corrected chi connectivity index (χ1v) is 8.67. The Morgan fingerprint density at radius 2 is 2.15 bits per heavy atom. The first-order chi connectivity index (χ1) is 9.24. The van der Waals surface area contributed by atoms with Gasteiger partial charge in [-0.1, -0.05) is 6.07 Å². The van der Waals surface area contributed by atoms with Crippen LogP contribution < -0.4 is 10.5 Å². The lowest BCUT2D eigenvalue weighted by Crippen LogP contribution is -2.44. The Kier molecular flexibility index (Phi) is 6.28. The molecule has 0 bridgehead atoms. The van der Waals surface area contributed by atoms with Crippen molar-refractivity contribution >= 4 is 27.5 Å². The van der Waals surface area contributed by atoms with Gasteiger partial charge in [0.1, 0.15) is 0 Å². The molecule has 6 nitrogen and oxygen atoms in total. The first-order valence-electron chi connectivity index (χ1n) is 6.03. The van der Waals surface area contributed by atoms with Gasteiger partial charge in [-0.25, -0.2) is 13.1 Å². The topological polar surface area (TPSA) is 113 Å². The average Bonchev–Trinajstić information content (AvgIpc) is 2.37. The van der Waals surface area contributed by atoms with E-state index < -0.39 is 22.2 Å². The molecule has 0 amide bonds. The first kappa shape index (κ1) is 17.3. The lowest BCUT2D eigenvalue weighted by atomic mass is 10.1. The molecule has 1 unspecified atom stereocenters. The minimum absolute atomic E-state index is 0.0754. The molecule has 1 rings (SSSR count). The van der Waals surface area contributed by atoms with E-state index in [0.29, 0.717) is 11.4 Å². The second kappa shape index (κ2) is 7.28. The van der Waals surface area contributed by atoms with Crippen LogP contribution in [0.3, 0.4) is 0 Å². The van der Waals surface area contributed by atoms with Crippen molar-refractivity contribution in [3.63, 3.8) is 0 Å². The van der Waals surface area contributed by atoms with Crippen LogP contribution in [0.2, 0.25) is 0 Å². The molecule has 0 aliphatic rings. The van der Waals surface area contributed by atoms with Crippen molar-refractivity contribution in [1.82, 2.24) is 4.72 Å². The van der Waals surface area contributed by atoms with Gasteiger partial charge in [0.25, 0.3) is 0 Å². The van der Waals surface area contributed by atoms with E-state index in [1.807, 2.05) is 12.1 Å². The summed E-state index contributed by atoms with van der Waals surface area (Å²) >= 11 is 1.39. The minimum atomic E-state index is -3.48. The number of rotatable bonds is 8. The summed E-state index contributed by atoms with van der Waals surface area (Å²) in [6, 6.07) is 7.21. The molecule has 1 aromatic rings. The highest BCUT2D eigenvalue weighted by Gasteiger charge is 2.22. The van der Waals surface area contributed by atoms with Crippen LogP contribution in [0.4, 0.5) is 5.69 Å². The molecule has 0 fully saturated rings. The Morgan fingerprint density at radius 3 is 2.75 bits per heavy atom. The smallest absolute Gasteiger partial charge is 0.212 e. The van der Waals surface area contributed by atoms with Crippen molar-refractivity contribution in [2.75, 3.05) is 30.4 Å². The molecular formula is C12H20N2O4S2. The zero-order valence-corrected chi connectivity index (χ0v) is 12.9. The summed E-state index contributed by atoms with van der Waals surface area (Å²) in [6.07, 6.45) is 0. The highest BCUT2D eigenvalue weighted by atomic mass is 32.2. The van der Waals surface area contributed by atoms with Crippen LogP contribution in [0.5, 0.6) is 0 Å². The van der Waals surface area contributed by atoms with Crippen LogP contribution in [0.15, 0.2) is 29.2 Å². The predicted molar refractivity (Wildman–Crippen MR) is 81.1 cm³/mol. The molecule has 0 heterocycles. The summed E-state index contributed by atoms with van der Waals surface area (Å²) in [5.74, 6) is 0.300. The number of nitrogen functional groups attached to an aromatic ring is 1. The number of hydrogen-bond donors (Lipinski definition) is 4. The van der Waals surface area contributed by atoms with Gasteiger partial charge in [-0.2, -0.15) is 0 Å². The molecule has 0 saturated carbocycles. The molecule has 0 aliphatic heterocycles. The SMILES string of the molecule is CC(O)(CO)CNS(=O)(=O)CCSc1cccc(N)c1. The Balaban J connectivity index is 2.40. The van der Waals surface area contributed by atoms with Crippen LogP contribution in [0, 0.1) is 0 Å². The Labute approximate surface area is 123 Å². The van der Waals surface area contributed by atoms with Gasteiger partial charge in [0.05, 0.1) is 18.0 Å². The highest BCUT2D eigenvalue weighted by molar-refractivity contribution is 8.00. The second-order valence-corrected chi connectivity index (χ2v) is 7.81. The number of nitrogens with one attached hydrogen (secondary N) is 1. The van der Waals surface area contributed by atoms with Gasteiger partial charge in [-0.3, -0.25) is 0 Å². The monoisotopic (exact) mass is 320 g/mol. The molecule has 8 heteroatoms. The van der Waals surface area contributed by atoms with Gasteiger partial charge in [0.15, 0.2) is 0 Å². The van der Waals surface area contributed by atoms with Gasteiger partial charge in [-0.15, -0.1) is 11.8 Å². The fraction of sp³-hybridized carbons (Fsp3) is 0.500. The number of nitrogens with two attached hydrogens (primary N) is 1. The van der Waals surface area contributed by atoms with Gasteiger partial charge >= 0.3 is 0 Å². The standard InChI is InChI=1S/C12H20N2O4S2/c1-12(16,9-15)8-14-20(17,18)6-5-19-11-4-2-3-10(13)7-11/h2-4,7,14-16H,5-6,8-9,13H2,1H3.